The summed E-state index contributed by atoms with van der Waals surface area (Å²) in [5.74, 6) is 1.03. The van der Waals surface area contributed by atoms with E-state index in [9.17, 15) is 19.6 Å². The van der Waals surface area contributed by atoms with Crippen LogP contribution in [0.3, 0.4) is 0 Å². The number of β-amino-alcohol motifs (C(OH)–C–C–N with tert-alkyl or cyclic N) is 1. The van der Waals surface area contributed by atoms with Crippen LogP contribution in [-0.4, -0.2) is 92.2 Å². The molecule has 0 radical (unpaired) electrons. The molecule has 0 aliphatic carbocycles. The van der Waals surface area contributed by atoms with Gasteiger partial charge >= 0.3 is 0 Å². The first-order valence-electron chi connectivity index (χ1n) is 15.4. The van der Waals surface area contributed by atoms with Gasteiger partial charge in [-0.15, -0.1) is 12.4 Å². The number of nitrogens with zero attached hydrogens (tertiary/aromatic N) is 9. The molecule has 2 unspecified atom stereocenters. The molecular formula is C33H34ClFN10O2S. The van der Waals surface area contributed by atoms with Crippen molar-refractivity contribution in [3.8, 4) is 28.5 Å². The first-order valence-corrected chi connectivity index (χ1v) is 16.2. The molecule has 6 heterocycles. The van der Waals surface area contributed by atoms with Crippen LogP contribution < -0.4 is 15.1 Å². The summed E-state index contributed by atoms with van der Waals surface area (Å²) < 4.78 is 15.6. The molecule has 4 aromatic heterocycles. The quantitative estimate of drug-likeness (QED) is 0.246. The highest BCUT2D eigenvalue weighted by Crippen LogP contribution is 2.37. The highest BCUT2D eigenvalue weighted by molar-refractivity contribution is 7.16. The van der Waals surface area contributed by atoms with E-state index in [1.165, 1.54) is 23.5 Å². The number of aromatic nitrogens is 5. The molecule has 15 heteroatoms. The lowest BCUT2D eigenvalue weighted by Crippen LogP contribution is -2.61. The summed E-state index contributed by atoms with van der Waals surface area (Å²) in [5, 5.41) is 23.4. The van der Waals surface area contributed by atoms with Crippen molar-refractivity contribution < 1.29 is 14.3 Å². The minimum atomic E-state index is -0.464. The number of likely N-dealkylation sites (tertiary alicyclic amines) is 1. The fraction of sp³-hybridized carbons (Fsp3) is 0.333. The topological polar surface area (TPSA) is 139 Å². The molecule has 248 valence electrons. The average molecular weight is 689 g/mol. The third-order valence-electron chi connectivity index (χ3n) is 8.75. The van der Waals surface area contributed by atoms with E-state index in [1.54, 1.807) is 24.5 Å². The molecule has 2 atom stereocenters. The highest BCUT2D eigenvalue weighted by Gasteiger charge is 2.37. The van der Waals surface area contributed by atoms with Gasteiger partial charge in [0.2, 0.25) is 11.9 Å². The van der Waals surface area contributed by atoms with E-state index in [0.717, 1.165) is 28.3 Å². The van der Waals surface area contributed by atoms with Gasteiger partial charge in [0.1, 0.15) is 33.9 Å². The Morgan fingerprint density at radius 3 is 2.46 bits per heavy atom. The van der Waals surface area contributed by atoms with Crippen molar-refractivity contribution in [3.63, 3.8) is 0 Å². The average Bonchev–Trinajstić information content (AvgIpc) is 3.76. The van der Waals surface area contributed by atoms with Crippen LogP contribution in [0.4, 0.5) is 21.3 Å². The second kappa shape index (κ2) is 13.4. The molecule has 5 aromatic rings. The van der Waals surface area contributed by atoms with Gasteiger partial charge in [-0.1, -0.05) is 18.3 Å². The van der Waals surface area contributed by atoms with Gasteiger partial charge in [-0.3, -0.25) is 14.1 Å². The van der Waals surface area contributed by atoms with E-state index in [2.05, 4.69) is 21.4 Å². The number of aliphatic hydroxyl groups is 1. The van der Waals surface area contributed by atoms with Crippen molar-refractivity contribution in [2.75, 3.05) is 43.5 Å². The first kappa shape index (κ1) is 33.2. The lowest BCUT2D eigenvalue weighted by molar-refractivity contribution is -0.126. The van der Waals surface area contributed by atoms with Crippen LogP contribution in [0.15, 0.2) is 55.0 Å². The molecule has 2 aliphatic rings. The molecule has 2 aliphatic heterocycles. The predicted molar refractivity (Wildman–Crippen MR) is 184 cm³/mol. The van der Waals surface area contributed by atoms with Crippen LogP contribution in [0.1, 0.15) is 23.9 Å². The molecule has 2 fully saturated rings. The van der Waals surface area contributed by atoms with Crippen LogP contribution >= 0.6 is 23.7 Å². The van der Waals surface area contributed by atoms with Gasteiger partial charge in [-0.25, -0.2) is 24.3 Å². The highest BCUT2D eigenvalue weighted by atomic mass is 35.5. The molecule has 48 heavy (non-hydrogen) atoms. The Morgan fingerprint density at radius 1 is 1.10 bits per heavy atom. The zero-order valence-corrected chi connectivity index (χ0v) is 28.2. The van der Waals surface area contributed by atoms with Crippen molar-refractivity contribution in [2.45, 2.75) is 38.0 Å². The lowest BCUT2D eigenvalue weighted by atomic mass is 10.1. The zero-order chi connectivity index (χ0) is 32.8. The third kappa shape index (κ3) is 6.17. The minimum Gasteiger partial charge on any atom is -0.392 e. The molecule has 1 amide bonds. The first-order chi connectivity index (χ1) is 22.7. The third-order valence-corrected chi connectivity index (χ3v) is 9.78. The monoisotopic (exact) mass is 688 g/mol. The summed E-state index contributed by atoms with van der Waals surface area (Å²) in [5.41, 5.74) is 4.58. The zero-order valence-electron chi connectivity index (χ0n) is 26.5. The number of likely N-dealkylation sites (N-methyl/N-ethyl adjacent to an activating group) is 1. The minimum absolute atomic E-state index is 0. The summed E-state index contributed by atoms with van der Waals surface area (Å²) in [6.07, 6.45) is 6.26. The Kier molecular flexibility index (Phi) is 9.30. The normalized spacial score (nSPS) is 18.0. The Morgan fingerprint density at radius 2 is 1.81 bits per heavy atom. The molecule has 0 bridgehead atoms. The molecule has 2 N–H and O–H groups in total. The number of nitriles is 1. The number of carbonyl (C=O) groups excluding carboxylic acids is 1. The van der Waals surface area contributed by atoms with Crippen molar-refractivity contribution in [3.05, 3.63) is 71.4 Å². The van der Waals surface area contributed by atoms with Gasteiger partial charge in [0.25, 0.3) is 0 Å². The number of rotatable bonds is 8. The van der Waals surface area contributed by atoms with Gasteiger partial charge in [0.15, 0.2) is 5.13 Å². The number of amides is 1. The molecular weight excluding hydrogens is 655 g/mol. The standard InChI is InChI=1S/C33H33FN10O2S.ClH/c1-4-25-31(42(3)33-40-29(27(12-35)47-33)19-5-8-22(34)9-6-19)44-15-20(7-10-28(44)39-25)21-13-36-32(37-14-21)43-16-23(17-43)38-30(46)26-11-24(45)18-41(26)2;/h5-10,13-15,23-24,26,45H,4,11,16-18H2,1-3H3,(H,38,46);1H. The summed E-state index contributed by atoms with van der Waals surface area (Å²) >= 11 is 1.27. The van der Waals surface area contributed by atoms with Gasteiger partial charge in [-0.05, 0) is 56.3 Å². The van der Waals surface area contributed by atoms with E-state index >= 15 is 0 Å². The number of pyridine rings is 1. The number of thiazole rings is 1. The SMILES string of the molecule is CCc1nc2ccc(-c3cnc(N4CC(NC(=O)C5CC(O)CN5C)C4)nc3)cn2c1N(C)c1nc(-c2ccc(F)cc2)c(C#N)s1.Cl. The largest absolute Gasteiger partial charge is 0.392 e. The van der Waals surface area contributed by atoms with Crippen LogP contribution in [0.2, 0.25) is 0 Å². The maximum atomic E-state index is 13.6. The van der Waals surface area contributed by atoms with E-state index in [4.69, 9.17) is 9.97 Å². The number of fused-ring (bicyclic) bond motifs is 1. The van der Waals surface area contributed by atoms with Crippen LogP contribution in [0, 0.1) is 17.1 Å². The van der Waals surface area contributed by atoms with Gasteiger partial charge < -0.3 is 20.2 Å². The Bertz CT molecular complexity index is 1990. The summed E-state index contributed by atoms with van der Waals surface area (Å²) in [7, 11) is 3.76. The van der Waals surface area contributed by atoms with E-state index in [-0.39, 0.29) is 36.2 Å². The van der Waals surface area contributed by atoms with Crippen LogP contribution in [0.5, 0.6) is 0 Å². The predicted octanol–water partition coefficient (Wildman–Crippen LogP) is 4.05. The van der Waals surface area contributed by atoms with Crippen molar-refractivity contribution >= 4 is 52.2 Å². The van der Waals surface area contributed by atoms with Crippen LogP contribution in [-0.2, 0) is 11.2 Å². The number of aliphatic hydroxyl groups excluding tert-OH is 1. The molecule has 1 aromatic carbocycles. The fourth-order valence-electron chi connectivity index (χ4n) is 6.21. The lowest BCUT2D eigenvalue weighted by Gasteiger charge is -2.40. The number of imidazole rings is 1. The van der Waals surface area contributed by atoms with Crippen LogP contribution in [0.25, 0.3) is 28.0 Å². The van der Waals surface area contributed by atoms with Crippen molar-refractivity contribution in [1.29, 1.82) is 5.26 Å². The number of hydrogen-bond donors (Lipinski definition) is 2. The molecule has 2 saturated heterocycles. The number of nitrogens with one attached hydrogen (secondary N) is 1. The number of aryl methyl sites for hydroxylation is 1. The van der Waals surface area contributed by atoms with Gasteiger partial charge in [0, 0.05) is 62.0 Å². The van der Waals surface area contributed by atoms with E-state index in [1.807, 2.05) is 58.4 Å². The summed E-state index contributed by atoms with van der Waals surface area (Å²) in [6, 6.07) is 11.9. The number of benzene rings is 1. The fourth-order valence-corrected chi connectivity index (χ4v) is 7.06. The Balaban J connectivity index is 0.00000401. The number of hydrogen-bond acceptors (Lipinski definition) is 11. The Hall–Kier alpha value is -4.68. The molecule has 12 nitrogen and oxygen atoms in total. The number of anilines is 3. The Labute approximate surface area is 286 Å². The van der Waals surface area contributed by atoms with Crippen molar-refractivity contribution in [1.82, 2.24) is 34.6 Å². The summed E-state index contributed by atoms with van der Waals surface area (Å²) in [4.78, 5) is 37.8. The van der Waals surface area contributed by atoms with E-state index in [0.29, 0.717) is 59.7 Å². The second-order valence-corrected chi connectivity index (χ2v) is 12.9. The maximum absolute atomic E-state index is 13.6. The number of halogens is 2. The maximum Gasteiger partial charge on any atom is 0.237 e. The van der Waals surface area contributed by atoms with E-state index < -0.39 is 6.10 Å². The molecule has 0 saturated carbocycles. The van der Waals surface area contributed by atoms with Gasteiger partial charge in [0.05, 0.1) is 23.9 Å². The van der Waals surface area contributed by atoms with Gasteiger partial charge in [-0.2, -0.15) is 5.26 Å². The summed E-state index contributed by atoms with van der Waals surface area (Å²) in [6.45, 7) is 3.79. The number of carbonyl (C=O) groups is 1. The smallest absolute Gasteiger partial charge is 0.237 e. The molecule has 7 rings (SSSR count). The van der Waals surface area contributed by atoms with Crippen molar-refractivity contribution in [2.24, 2.45) is 0 Å². The second-order valence-electron chi connectivity index (χ2n) is 12.0. The molecule has 0 spiro atoms.